The SMILES string of the molecule is CC1(C)Cc2c(sc3c2c(=O)n(Cc2ccco2)c2nnnn32)CO1. The Labute approximate surface area is 145 Å². The first-order chi connectivity index (χ1) is 12.0. The molecule has 1 aliphatic rings. The van der Waals surface area contributed by atoms with Crippen LogP contribution in [0.5, 0.6) is 0 Å². The fraction of sp³-hybridized carbons (Fsp3) is 0.375. The molecule has 8 nitrogen and oxygen atoms in total. The van der Waals surface area contributed by atoms with Crippen molar-refractivity contribution in [1.29, 1.82) is 0 Å². The Morgan fingerprint density at radius 2 is 2.28 bits per heavy atom. The highest BCUT2D eigenvalue weighted by Crippen LogP contribution is 2.37. The summed E-state index contributed by atoms with van der Waals surface area (Å²) in [6, 6.07) is 3.63. The minimum absolute atomic E-state index is 0.0936. The van der Waals surface area contributed by atoms with Crippen molar-refractivity contribution in [2.75, 3.05) is 0 Å². The molecule has 4 aromatic heterocycles. The molecular weight excluding hydrogens is 342 g/mol. The first-order valence-electron chi connectivity index (χ1n) is 7.95. The number of ether oxygens (including phenoxy) is 1. The summed E-state index contributed by atoms with van der Waals surface area (Å²) in [6.07, 6.45) is 2.27. The van der Waals surface area contributed by atoms with Gasteiger partial charge in [0.25, 0.3) is 11.3 Å². The molecule has 0 radical (unpaired) electrons. The van der Waals surface area contributed by atoms with Gasteiger partial charge in [-0.25, -0.2) is 0 Å². The van der Waals surface area contributed by atoms with Crippen molar-refractivity contribution in [1.82, 2.24) is 24.6 Å². The van der Waals surface area contributed by atoms with Gasteiger partial charge in [-0.1, -0.05) is 5.10 Å². The molecule has 5 rings (SSSR count). The van der Waals surface area contributed by atoms with E-state index in [1.54, 1.807) is 21.4 Å². The van der Waals surface area contributed by atoms with Gasteiger partial charge in [-0.05, 0) is 42.0 Å². The number of furan rings is 1. The number of rotatable bonds is 2. The molecule has 4 aromatic rings. The fourth-order valence-corrected chi connectivity index (χ4v) is 4.48. The predicted molar refractivity (Wildman–Crippen MR) is 90.8 cm³/mol. The van der Waals surface area contributed by atoms with Gasteiger partial charge >= 0.3 is 0 Å². The third-order valence-corrected chi connectivity index (χ3v) is 5.69. The Bertz CT molecular complexity index is 1150. The van der Waals surface area contributed by atoms with Gasteiger partial charge in [0.2, 0.25) is 0 Å². The smallest absolute Gasteiger partial charge is 0.264 e. The lowest BCUT2D eigenvalue weighted by atomic mass is 9.94. The molecule has 25 heavy (non-hydrogen) atoms. The van der Waals surface area contributed by atoms with Gasteiger partial charge in [0, 0.05) is 11.3 Å². The van der Waals surface area contributed by atoms with E-state index in [4.69, 9.17) is 9.15 Å². The number of tetrazole rings is 1. The zero-order valence-corrected chi connectivity index (χ0v) is 14.5. The summed E-state index contributed by atoms with van der Waals surface area (Å²) in [5.74, 6) is 1.09. The zero-order valence-electron chi connectivity index (χ0n) is 13.7. The van der Waals surface area contributed by atoms with Crippen LogP contribution in [0.15, 0.2) is 27.6 Å². The number of aromatic nitrogens is 5. The Kier molecular flexibility index (Phi) is 2.95. The Morgan fingerprint density at radius 3 is 3.08 bits per heavy atom. The number of hydrogen-bond acceptors (Lipinski definition) is 7. The van der Waals surface area contributed by atoms with Crippen LogP contribution in [0.3, 0.4) is 0 Å². The second-order valence-electron chi connectivity index (χ2n) is 6.77. The van der Waals surface area contributed by atoms with Crippen molar-refractivity contribution in [3.05, 3.63) is 45.0 Å². The third kappa shape index (κ3) is 2.16. The van der Waals surface area contributed by atoms with E-state index < -0.39 is 0 Å². The highest BCUT2D eigenvalue weighted by Gasteiger charge is 2.32. The van der Waals surface area contributed by atoms with Crippen molar-refractivity contribution in [2.45, 2.75) is 39.0 Å². The molecule has 0 fully saturated rings. The summed E-state index contributed by atoms with van der Waals surface area (Å²) in [6.45, 7) is 4.87. The second kappa shape index (κ2) is 4.99. The molecular formula is C16H15N5O3S. The molecule has 0 saturated carbocycles. The van der Waals surface area contributed by atoms with Gasteiger partial charge in [0.05, 0.1) is 30.4 Å². The van der Waals surface area contributed by atoms with Crippen molar-refractivity contribution in [2.24, 2.45) is 0 Å². The second-order valence-corrected chi connectivity index (χ2v) is 7.85. The van der Waals surface area contributed by atoms with E-state index >= 15 is 0 Å². The fourth-order valence-electron chi connectivity index (χ4n) is 3.32. The van der Waals surface area contributed by atoms with Crippen molar-refractivity contribution >= 4 is 27.3 Å². The molecule has 1 aliphatic heterocycles. The molecule has 0 amide bonds. The number of thiophene rings is 1. The quantitative estimate of drug-likeness (QED) is 0.545. The van der Waals surface area contributed by atoms with E-state index in [0.29, 0.717) is 30.0 Å². The number of nitrogens with zero attached hydrogens (tertiary/aromatic N) is 5. The van der Waals surface area contributed by atoms with Crippen molar-refractivity contribution in [3.63, 3.8) is 0 Å². The standard InChI is InChI=1S/C16H15N5O3S/c1-16(2)6-10-11(8-24-16)25-14-12(10)13(22)20(7-9-4-3-5-23-9)15-17-18-19-21(14)15/h3-5H,6-8H2,1-2H3. The van der Waals surface area contributed by atoms with Gasteiger partial charge in [-0.15, -0.1) is 11.3 Å². The first-order valence-corrected chi connectivity index (χ1v) is 8.77. The largest absolute Gasteiger partial charge is 0.467 e. The molecule has 9 heteroatoms. The van der Waals surface area contributed by atoms with Gasteiger partial charge in [-0.3, -0.25) is 9.36 Å². The summed E-state index contributed by atoms with van der Waals surface area (Å²) in [5, 5.41) is 12.6. The average Bonchev–Trinajstić information content (AvgIpc) is 3.29. The lowest BCUT2D eigenvalue weighted by Gasteiger charge is -2.29. The summed E-state index contributed by atoms with van der Waals surface area (Å²) in [7, 11) is 0. The van der Waals surface area contributed by atoms with Gasteiger partial charge < -0.3 is 9.15 Å². The third-order valence-electron chi connectivity index (χ3n) is 4.51. The van der Waals surface area contributed by atoms with E-state index in [-0.39, 0.29) is 17.7 Å². The van der Waals surface area contributed by atoms with Crippen molar-refractivity contribution in [3.8, 4) is 0 Å². The molecule has 128 valence electrons. The number of fused-ring (bicyclic) bond motifs is 5. The summed E-state index contributed by atoms with van der Waals surface area (Å²) >= 11 is 1.52. The molecule has 0 atom stereocenters. The van der Waals surface area contributed by atoms with E-state index in [1.165, 1.54) is 11.3 Å². The van der Waals surface area contributed by atoms with Gasteiger partial charge in [0.1, 0.15) is 10.6 Å². The molecule has 0 aliphatic carbocycles. The minimum Gasteiger partial charge on any atom is -0.467 e. The van der Waals surface area contributed by atoms with Crippen LogP contribution in [0.4, 0.5) is 0 Å². The van der Waals surface area contributed by atoms with Crippen LogP contribution in [0.1, 0.15) is 30.0 Å². The zero-order chi connectivity index (χ0) is 17.2. The van der Waals surface area contributed by atoms with Crippen LogP contribution in [-0.2, 0) is 24.3 Å². The van der Waals surface area contributed by atoms with Crippen LogP contribution in [0, 0.1) is 0 Å². The van der Waals surface area contributed by atoms with Crippen LogP contribution < -0.4 is 5.56 Å². The molecule has 0 bridgehead atoms. The summed E-state index contributed by atoms with van der Waals surface area (Å²) in [5.41, 5.74) is 0.658. The molecule has 0 N–H and O–H groups in total. The highest BCUT2D eigenvalue weighted by molar-refractivity contribution is 7.18. The molecule has 5 heterocycles. The lowest BCUT2D eigenvalue weighted by molar-refractivity contribution is -0.0379. The summed E-state index contributed by atoms with van der Waals surface area (Å²) in [4.78, 5) is 15.1. The van der Waals surface area contributed by atoms with Crippen LogP contribution in [0.2, 0.25) is 0 Å². The van der Waals surface area contributed by atoms with Gasteiger partial charge in [0.15, 0.2) is 0 Å². The van der Waals surface area contributed by atoms with Crippen LogP contribution in [-0.4, -0.2) is 30.2 Å². The highest BCUT2D eigenvalue weighted by atomic mass is 32.1. The molecule has 0 aromatic carbocycles. The Morgan fingerprint density at radius 1 is 1.40 bits per heavy atom. The minimum atomic E-state index is -0.297. The monoisotopic (exact) mass is 357 g/mol. The Hall–Kier alpha value is -2.52. The van der Waals surface area contributed by atoms with Gasteiger partial charge in [-0.2, -0.15) is 4.52 Å². The Balaban J connectivity index is 1.84. The van der Waals surface area contributed by atoms with E-state index in [0.717, 1.165) is 15.3 Å². The topological polar surface area (TPSA) is 87.5 Å². The van der Waals surface area contributed by atoms with Crippen LogP contribution >= 0.6 is 11.3 Å². The normalized spacial score (nSPS) is 16.6. The van der Waals surface area contributed by atoms with E-state index in [9.17, 15) is 4.79 Å². The first kappa shape index (κ1) is 14.8. The maximum Gasteiger partial charge on any atom is 0.264 e. The number of hydrogen-bond donors (Lipinski definition) is 0. The molecule has 0 saturated heterocycles. The van der Waals surface area contributed by atoms with E-state index in [2.05, 4.69) is 15.5 Å². The average molecular weight is 357 g/mol. The van der Waals surface area contributed by atoms with E-state index in [1.807, 2.05) is 19.9 Å². The maximum absolute atomic E-state index is 13.3. The predicted octanol–water partition coefficient (Wildman–Crippen LogP) is 1.99. The molecule has 0 unspecified atom stereocenters. The van der Waals surface area contributed by atoms with Crippen molar-refractivity contribution < 1.29 is 9.15 Å². The summed E-state index contributed by atoms with van der Waals surface area (Å²) < 4.78 is 14.5. The van der Waals surface area contributed by atoms with Crippen LogP contribution in [0.25, 0.3) is 16.0 Å². The lowest BCUT2D eigenvalue weighted by Crippen LogP contribution is -2.32. The molecule has 0 spiro atoms. The maximum atomic E-state index is 13.3.